The fourth-order valence-corrected chi connectivity index (χ4v) is 1.29. The highest BCUT2D eigenvalue weighted by atomic mass is 79.9. The molecule has 1 N–H and O–H groups in total. The molecule has 0 aliphatic heterocycles. The molecule has 1 aromatic rings. The number of amides is 1. The lowest BCUT2D eigenvalue weighted by Crippen LogP contribution is -2.33. The van der Waals surface area contributed by atoms with Gasteiger partial charge in [0.25, 0.3) is 5.91 Å². The van der Waals surface area contributed by atoms with E-state index in [2.05, 4.69) is 21.2 Å². The van der Waals surface area contributed by atoms with Gasteiger partial charge < -0.3 is 9.73 Å². The minimum atomic E-state index is -0.186. The Morgan fingerprint density at radius 1 is 1.85 bits per heavy atom. The standard InChI is InChI=1S/C8H9BrClNO2/c1-5(4-10)11-8(12)6-2-3-13-7(6)9/h2-3,5H,4H2,1H3,(H,11,12). The van der Waals surface area contributed by atoms with Crippen molar-refractivity contribution in [1.82, 2.24) is 5.32 Å². The topological polar surface area (TPSA) is 42.2 Å². The molecule has 0 aliphatic rings. The maximum absolute atomic E-state index is 11.4. The van der Waals surface area contributed by atoms with Crippen LogP contribution in [0.25, 0.3) is 0 Å². The van der Waals surface area contributed by atoms with Crippen molar-refractivity contribution in [1.29, 1.82) is 0 Å². The molecule has 5 heteroatoms. The highest BCUT2D eigenvalue weighted by molar-refractivity contribution is 9.10. The zero-order chi connectivity index (χ0) is 9.84. The van der Waals surface area contributed by atoms with Gasteiger partial charge in [-0.05, 0) is 28.9 Å². The second kappa shape index (κ2) is 4.67. The van der Waals surface area contributed by atoms with Crippen LogP contribution in [0.15, 0.2) is 21.4 Å². The van der Waals surface area contributed by atoms with Crippen LogP contribution in [0.2, 0.25) is 0 Å². The minimum absolute atomic E-state index is 0.0454. The van der Waals surface area contributed by atoms with E-state index in [0.717, 1.165) is 0 Å². The lowest BCUT2D eigenvalue weighted by atomic mass is 10.3. The SMILES string of the molecule is CC(CCl)NC(=O)c1ccoc1Br. The fourth-order valence-electron chi connectivity index (χ4n) is 0.796. The maximum atomic E-state index is 11.4. The number of hydrogen-bond acceptors (Lipinski definition) is 2. The lowest BCUT2D eigenvalue weighted by molar-refractivity contribution is 0.0942. The summed E-state index contributed by atoms with van der Waals surface area (Å²) in [6, 6.07) is 1.55. The minimum Gasteiger partial charge on any atom is -0.457 e. The molecule has 0 bridgehead atoms. The maximum Gasteiger partial charge on any atom is 0.256 e. The molecule has 0 saturated heterocycles. The number of alkyl halides is 1. The summed E-state index contributed by atoms with van der Waals surface area (Å²) in [7, 11) is 0. The summed E-state index contributed by atoms with van der Waals surface area (Å²) in [6.07, 6.45) is 1.45. The molecule has 1 atom stereocenters. The molecular weight excluding hydrogens is 257 g/mol. The number of halogens is 2. The van der Waals surface area contributed by atoms with Crippen LogP contribution in [0.3, 0.4) is 0 Å². The van der Waals surface area contributed by atoms with E-state index in [1.165, 1.54) is 6.26 Å². The van der Waals surface area contributed by atoms with Gasteiger partial charge >= 0.3 is 0 Å². The molecule has 0 aromatic carbocycles. The quantitative estimate of drug-likeness (QED) is 0.854. The molecule has 1 unspecified atom stereocenters. The summed E-state index contributed by atoms with van der Waals surface area (Å²) in [4.78, 5) is 11.4. The Bertz CT molecular complexity index is 300. The highest BCUT2D eigenvalue weighted by Gasteiger charge is 2.13. The van der Waals surface area contributed by atoms with Gasteiger partial charge in [0.15, 0.2) is 4.67 Å². The number of rotatable bonds is 3. The van der Waals surface area contributed by atoms with Gasteiger partial charge in [0.2, 0.25) is 0 Å². The third-order valence-electron chi connectivity index (χ3n) is 1.47. The Labute approximate surface area is 89.6 Å². The average molecular weight is 267 g/mol. The van der Waals surface area contributed by atoms with Crippen molar-refractivity contribution in [2.24, 2.45) is 0 Å². The van der Waals surface area contributed by atoms with E-state index in [-0.39, 0.29) is 11.9 Å². The Morgan fingerprint density at radius 2 is 2.54 bits per heavy atom. The van der Waals surface area contributed by atoms with Gasteiger partial charge in [0.1, 0.15) is 0 Å². The number of carbonyl (C=O) groups excluding carboxylic acids is 1. The summed E-state index contributed by atoms with van der Waals surface area (Å²) in [5.41, 5.74) is 0.483. The van der Waals surface area contributed by atoms with E-state index in [1.807, 2.05) is 6.92 Å². The van der Waals surface area contributed by atoms with Crippen LogP contribution in [-0.2, 0) is 0 Å². The number of nitrogens with one attached hydrogen (secondary N) is 1. The second-order valence-corrected chi connectivity index (χ2v) is 3.67. The van der Waals surface area contributed by atoms with Crippen molar-refractivity contribution in [2.75, 3.05) is 5.88 Å². The first kappa shape index (κ1) is 10.6. The van der Waals surface area contributed by atoms with Crippen molar-refractivity contribution in [3.05, 3.63) is 22.6 Å². The third kappa shape index (κ3) is 2.74. The van der Waals surface area contributed by atoms with E-state index in [0.29, 0.717) is 16.1 Å². The van der Waals surface area contributed by atoms with Crippen molar-refractivity contribution in [3.63, 3.8) is 0 Å². The second-order valence-electron chi connectivity index (χ2n) is 2.64. The number of carbonyl (C=O) groups is 1. The van der Waals surface area contributed by atoms with Gasteiger partial charge in [-0.3, -0.25) is 4.79 Å². The first-order chi connectivity index (χ1) is 6.15. The molecule has 0 fully saturated rings. The first-order valence-corrected chi connectivity index (χ1v) is 5.07. The van der Waals surface area contributed by atoms with E-state index in [1.54, 1.807) is 6.07 Å². The Hall–Kier alpha value is -0.480. The Kier molecular flexibility index (Phi) is 3.81. The zero-order valence-corrected chi connectivity index (χ0v) is 9.35. The normalized spacial score (nSPS) is 12.5. The van der Waals surface area contributed by atoms with E-state index in [4.69, 9.17) is 16.0 Å². The summed E-state index contributed by atoms with van der Waals surface area (Å²) in [6.45, 7) is 1.83. The average Bonchev–Trinajstić information content (AvgIpc) is 2.51. The van der Waals surface area contributed by atoms with Crippen LogP contribution in [0, 0.1) is 0 Å². The van der Waals surface area contributed by atoms with E-state index >= 15 is 0 Å². The first-order valence-electron chi connectivity index (χ1n) is 3.75. The summed E-state index contributed by atoms with van der Waals surface area (Å²) < 4.78 is 5.36. The smallest absolute Gasteiger partial charge is 0.256 e. The van der Waals surface area contributed by atoms with Crippen molar-refractivity contribution in [2.45, 2.75) is 13.0 Å². The molecule has 1 aromatic heterocycles. The van der Waals surface area contributed by atoms with Crippen LogP contribution >= 0.6 is 27.5 Å². The Morgan fingerprint density at radius 3 is 3.00 bits per heavy atom. The molecule has 72 valence electrons. The van der Waals surface area contributed by atoms with E-state index < -0.39 is 0 Å². The van der Waals surface area contributed by atoms with Crippen LogP contribution in [0.5, 0.6) is 0 Å². The lowest BCUT2D eigenvalue weighted by Gasteiger charge is -2.08. The summed E-state index contributed by atoms with van der Waals surface area (Å²) in [5.74, 6) is 0.204. The van der Waals surface area contributed by atoms with Gasteiger partial charge in [0.05, 0.1) is 11.8 Å². The monoisotopic (exact) mass is 265 g/mol. The molecule has 1 heterocycles. The van der Waals surface area contributed by atoms with Crippen LogP contribution in [-0.4, -0.2) is 17.8 Å². The van der Waals surface area contributed by atoms with Crippen LogP contribution in [0.1, 0.15) is 17.3 Å². The largest absolute Gasteiger partial charge is 0.457 e. The Balaban J connectivity index is 2.64. The van der Waals surface area contributed by atoms with Gasteiger partial charge in [-0.1, -0.05) is 0 Å². The predicted octanol–water partition coefficient (Wildman–Crippen LogP) is 2.40. The van der Waals surface area contributed by atoms with Gasteiger partial charge in [-0.2, -0.15) is 0 Å². The van der Waals surface area contributed by atoms with Gasteiger partial charge in [-0.25, -0.2) is 0 Å². The predicted molar refractivity (Wildman–Crippen MR) is 54.1 cm³/mol. The molecule has 1 rings (SSSR count). The van der Waals surface area contributed by atoms with Crippen LogP contribution < -0.4 is 5.32 Å². The number of furan rings is 1. The fraction of sp³-hybridized carbons (Fsp3) is 0.375. The molecule has 3 nitrogen and oxygen atoms in total. The van der Waals surface area contributed by atoms with E-state index in [9.17, 15) is 4.79 Å². The van der Waals surface area contributed by atoms with Gasteiger partial charge in [0, 0.05) is 11.9 Å². The molecule has 0 saturated carbocycles. The van der Waals surface area contributed by atoms with Crippen LogP contribution in [0.4, 0.5) is 0 Å². The molecule has 0 radical (unpaired) electrons. The molecule has 0 aliphatic carbocycles. The molecule has 1 amide bonds. The number of hydrogen-bond donors (Lipinski definition) is 1. The highest BCUT2D eigenvalue weighted by Crippen LogP contribution is 2.17. The molecule has 0 spiro atoms. The zero-order valence-electron chi connectivity index (χ0n) is 7.01. The third-order valence-corrected chi connectivity index (χ3v) is 2.55. The molecular formula is C8H9BrClNO2. The van der Waals surface area contributed by atoms with Gasteiger partial charge in [-0.15, -0.1) is 11.6 Å². The van der Waals surface area contributed by atoms with Crippen molar-refractivity contribution in [3.8, 4) is 0 Å². The molecule has 13 heavy (non-hydrogen) atoms. The van der Waals surface area contributed by atoms with Crippen molar-refractivity contribution < 1.29 is 9.21 Å². The van der Waals surface area contributed by atoms with Crippen molar-refractivity contribution >= 4 is 33.4 Å². The summed E-state index contributed by atoms with van der Waals surface area (Å²) in [5, 5.41) is 2.71. The summed E-state index contributed by atoms with van der Waals surface area (Å²) >= 11 is 8.67.